The molecule has 0 radical (unpaired) electrons. The Morgan fingerprint density at radius 1 is 1.36 bits per heavy atom. The average Bonchev–Trinajstić information content (AvgIpc) is 2.34. The second-order valence-corrected chi connectivity index (χ2v) is 2.39. The summed E-state index contributed by atoms with van der Waals surface area (Å²) in [6, 6.07) is 0. The first-order valence-corrected chi connectivity index (χ1v) is 3.20. The Kier molecular flexibility index (Phi) is 1.06. The third-order valence-electron chi connectivity index (χ3n) is 1.55. The fraction of sp³-hybridized carbons (Fsp3) is 0.167. The molecule has 5 nitrogen and oxygen atoms in total. The Balaban J connectivity index is 2.49. The van der Waals surface area contributed by atoms with Gasteiger partial charge >= 0.3 is 0 Å². The van der Waals surface area contributed by atoms with E-state index in [0.717, 1.165) is 5.57 Å². The number of hydrogen-bond donors (Lipinski definition) is 2. The minimum atomic E-state index is 0.496. The van der Waals surface area contributed by atoms with Gasteiger partial charge in [0.2, 0.25) is 0 Å². The Morgan fingerprint density at radius 3 is 3.00 bits per heavy atom. The molecule has 0 atom stereocenters. The Labute approximate surface area is 63.2 Å². The number of rotatable bonds is 0. The van der Waals surface area contributed by atoms with Gasteiger partial charge in [0, 0.05) is 12.1 Å². The SMILES string of the molecule is NC1=NC2=NN=CC2=C(N)C1. The van der Waals surface area contributed by atoms with E-state index in [1.165, 1.54) is 0 Å². The van der Waals surface area contributed by atoms with Crippen molar-refractivity contribution in [1.82, 2.24) is 0 Å². The van der Waals surface area contributed by atoms with E-state index in [0.29, 0.717) is 23.8 Å². The number of nitrogens with two attached hydrogens (primary N) is 2. The van der Waals surface area contributed by atoms with Crippen molar-refractivity contribution in [3.63, 3.8) is 0 Å². The van der Waals surface area contributed by atoms with Gasteiger partial charge in [0.1, 0.15) is 5.84 Å². The molecular formula is C6H7N5. The van der Waals surface area contributed by atoms with E-state index in [9.17, 15) is 0 Å². The highest BCUT2D eigenvalue weighted by Crippen LogP contribution is 2.14. The fourth-order valence-electron chi connectivity index (χ4n) is 1.03. The zero-order valence-electron chi connectivity index (χ0n) is 5.78. The predicted molar refractivity (Wildman–Crippen MR) is 43.4 cm³/mol. The molecule has 0 aromatic rings. The van der Waals surface area contributed by atoms with Crippen molar-refractivity contribution < 1.29 is 0 Å². The molecule has 4 N–H and O–H groups in total. The maximum absolute atomic E-state index is 5.66. The topological polar surface area (TPSA) is 89.1 Å². The summed E-state index contributed by atoms with van der Waals surface area (Å²) in [7, 11) is 0. The van der Waals surface area contributed by atoms with Crippen LogP contribution in [-0.4, -0.2) is 17.9 Å². The largest absolute Gasteiger partial charge is 0.401 e. The van der Waals surface area contributed by atoms with E-state index < -0.39 is 0 Å². The van der Waals surface area contributed by atoms with Gasteiger partial charge in [-0.2, -0.15) is 5.10 Å². The minimum Gasteiger partial charge on any atom is -0.401 e. The average molecular weight is 149 g/mol. The quantitative estimate of drug-likeness (QED) is 0.479. The van der Waals surface area contributed by atoms with Crippen LogP contribution in [0.4, 0.5) is 0 Å². The van der Waals surface area contributed by atoms with Crippen LogP contribution in [0.5, 0.6) is 0 Å². The molecule has 0 aliphatic carbocycles. The fourth-order valence-corrected chi connectivity index (χ4v) is 1.03. The van der Waals surface area contributed by atoms with Crippen LogP contribution in [0.25, 0.3) is 0 Å². The van der Waals surface area contributed by atoms with Gasteiger partial charge in [0.25, 0.3) is 0 Å². The van der Waals surface area contributed by atoms with Gasteiger partial charge in [-0.15, -0.1) is 5.10 Å². The maximum atomic E-state index is 5.66. The lowest BCUT2D eigenvalue weighted by Gasteiger charge is -2.09. The van der Waals surface area contributed by atoms with E-state index in [1.54, 1.807) is 6.21 Å². The molecule has 2 rings (SSSR count). The van der Waals surface area contributed by atoms with Gasteiger partial charge in [0.05, 0.1) is 11.8 Å². The Bertz CT molecular complexity index is 320. The van der Waals surface area contributed by atoms with Crippen molar-refractivity contribution in [2.45, 2.75) is 6.42 Å². The molecule has 2 aliphatic heterocycles. The smallest absolute Gasteiger partial charge is 0.186 e. The number of nitrogens with zero attached hydrogens (tertiary/aromatic N) is 3. The first kappa shape index (κ1) is 6.09. The highest BCUT2D eigenvalue weighted by atomic mass is 15.3. The van der Waals surface area contributed by atoms with Gasteiger partial charge in [-0.25, -0.2) is 4.99 Å². The second-order valence-electron chi connectivity index (χ2n) is 2.39. The lowest BCUT2D eigenvalue weighted by atomic mass is 10.1. The molecule has 0 amide bonds. The molecule has 0 aromatic heterocycles. The maximum Gasteiger partial charge on any atom is 0.186 e. The summed E-state index contributed by atoms with van der Waals surface area (Å²) in [5.74, 6) is 1.03. The summed E-state index contributed by atoms with van der Waals surface area (Å²) >= 11 is 0. The molecule has 5 heteroatoms. The molecule has 0 saturated carbocycles. The van der Waals surface area contributed by atoms with E-state index in [1.807, 2.05) is 0 Å². The molecule has 0 saturated heterocycles. The number of hydrogen-bond acceptors (Lipinski definition) is 5. The number of aliphatic imine (C=N–C) groups is 1. The van der Waals surface area contributed by atoms with Crippen LogP contribution >= 0.6 is 0 Å². The molecule has 0 fully saturated rings. The lowest BCUT2D eigenvalue weighted by Crippen LogP contribution is -2.24. The van der Waals surface area contributed by atoms with Gasteiger partial charge in [-0.05, 0) is 0 Å². The summed E-state index contributed by atoms with van der Waals surface area (Å²) < 4.78 is 0. The van der Waals surface area contributed by atoms with Crippen LogP contribution in [0, 0.1) is 0 Å². The number of amidine groups is 2. The van der Waals surface area contributed by atoms with Crippen LogP contribution in [0.2, 0.25) is 0 Å². The summed E-state index contributed by atoms with van der Waals surface area (Å²) in [5.41, 5.74) is 12.6. The van der Waals surface area contributed by atoms with Crippen molar-refractivity contribution in [2.24, 2.45) is 26.7 Å². The first-order valence-electron chi connectivity index (χ1n) is 3.20. The molecule has 2 heterocycles. The van der Waals surface area contributed by atoms with Crippen LogP contribution in [0.15, 0.2) is 26.5 Å². The lowest BCUT2D eigenvalue weighted by molar-refractivity contribution is 1.16. The van der Waals surface area contributed by atoms with E-state index in [2.05, 4.69) is 15.2 Å². The predicted octanol–water partition coefficient (Wildman–Crippen LogP) is -0.642. The standard InChI is InChI=1S/C6H7N5/c7-4-1-5(8)10-6-3(4)2-9-11-6/h2H,1,7H2,(H2,8,10,11). The molecule has 2 aliphatic rings. The van der Waals surface area contributed by atoms with Crippen molar-refractivity contribution in [3.05, 3.63) is 11.3 Å². The van der Waals surface area contributed by atoms with Crippen LogP contribution in [-0.2, 0) is 0 Å². The summed E-state index contributed by atoms with van der Waals surface area (Å²) in [4.78, 5) is 3.98. The number of dihydropyridines is 1. The van der Waals surface area contributed by atoms with Crippen molar-refractivity contribution >= 4 is 17.9 Å². The van der Waals surface area contributed by atoms with E-state index in [4.69, 9.17) is 11.5 Å². The zero-order chi connectivity index (χ0) is 7.84. The summed E-state index contributed by atoms with van der Waals surface area (Å²) in [6.07, 6.45) is 2.11. The normalized spacial score (nSPS) is 21.5. The molecule has 0 spiro atoms. The highest BCUT2D eigenvalue weighted by molar-refractivity contribution is 6.23. The third kappa shape index (κ3) is 0.813. The van der Waals surface area contributed by atoms with Crippen molar-refractivity contribution in [2.75, 3.05) is 0 Å². The third-order valence-corrected chi connectivity index (χ3v) is 1.55. The molecule has 56 valence electrons. The van der Waals surface area contributed by atoms with Crippen LogP contribution in [0.3, 0.4) is 0 Å². The van der Waals surface area contributed by atoms with Gasteiger partial charge in [0.15, 0.2) is 5.84 Å². The van der Waals surface area contributed by atoms with Crippen molar-refractivity contribution in [1.29, 1.82) is 0 Å². The molecule has 0 aromatic carbocycles. The molecule has 0 bridgehead atoms. The first-order chi connectivity index (χ1) is 5.27. The van der Waals surface area contributed by atoms with Gasteiger partial charge in [-0.1, -0.05) is 0 Å². The van der Waals surface area contributed by atoms with Gasteiger partial charge in [-0.3, -0.25) is 0 Å². The van der Waals surface area contributed by atoms with E-state index >= 15 is 0 Å². The Hall–Kier alpha value is -1.65. The summed E-state index contributed by atoms with van der Waals surface area (Å²) in [5, 5.41) is 7.41. The monoisotopic (exact) mass is 149 g/mol. The van der Waals surface area contributed by atoms with Crippen LogP contribution < -0.4 is 11.5 Å². The second kappa shape index (κ2) is 1.91. The van der Waals surface area contributed by atoms with Crippen LogP contribution in [0.1, 0.15) is 6.42 Å². The van der Waals surface area contributed by atoms with Gasteiger partial charge < -0.3 is 11.5 Å². The molecule has 0 unspecified atom stereocenters. The Morgan fingerprint density at radius 2 is 2.18 bits per heavy atom. The summed E-state index contributed by atoms with van der Waals surface area (Å²) in [6.45, 7) is 0. The highest BCUT2D eigenvalue weighted by Gasteiger charge is 2.18. The number of fused-ring (bicyclic) bond motifs is 1. The van der Waals surface area contributed by atoms with Crippen molar-refractivity contribution in [3.8, 4) is 0 Å². The molecular weight excluding hydrogens is 142 g/mol. The molecule has 11 heavy (non-hydrogen) atoms. The minimum absolute atomic E-state index is 0.496. The zero-order valence-corrected chi connectivity index (χ0v) is 5.78. The van der Waals surface area contributed by atoms with E-state index in [-0.39, 0.29) is 0 Å².